The number of hydrogen-bond acceptors (Lipinski definition) is 0. The van der Waals surface area contributed by atoms with Crippen LogP contribution in [0.1, 0.15) is 51.9 Å². The maximum absolute atomic E-state index is 5.09. The largest absolute Gasteiger partial charge is 0.120 e. The quantitative estimate of drug-likeness (QED) is 0.429. The Kier molecular flexibility index (Phi) is 9.38. The Hall–Kier alpha value is -0.880. The third kappa shape index (κ3) is 9.12. The molecule has 0 bridgehead atoms. The second kappa shape index (κ2) is 10.1. The molecule has 0 aliphatic rings. The maximum atomic E-state index is 5.09. The van der Waals surface area contributed by atoms with Crippen LogP contribution in [0.15, 0.2) is 0 Å². The third-order valence-corrected chi connectivity index (χ3v) is 1.67. The summed E-state index contributed by atoms with van der Waals surface area (Å²) in [5.74, 6) is 8.78. The lowest BCUT2D eigenvalue weighted by Crippen LogP contribution is -1.74. The normalized spacial score (nSPS) is 8.33. The lowest BCUT2D eigenvalue weighted by Gasteiger charge is -1.91. The van der Waals surface area contributed by atoms with Gasteiger partial charge in [-0.1, -0.05) is 26.2 Å². The van der Waals surface area contributed by atoms with Crippen molar-refractivity contribution >= 4 is 0 Å². The van der Waals surface area contributed by atoms with Gasteiger partial charge in [-0.25, -0.2) is 0 Å². The Morgan fingerprint density at radius 3 is 2.33 bits per heavy atom. The highest BCUT2D eigenvalue weighted by Gasteiger charge is 1.83. The zero-order valence-corrected chi connectivity index (χ0v) is 8.03. The van der Waals surface area contributed by atoms with Gasteiger partial charge in [0, 0.05) is 19.3 Å². The lowest BCUT2D eigenvalue weighted by molar-refractivity contribution is 0.679. The van der Waals surface area contributed by atoms with E-state index in [9.17, 15) is 0 Å². The molecule has 0 heteroatoms. The average molecular weight is 162 g/mol. The number of terminal acetylenes is 1. The number of rotatable bonds is 5. The molecule has 12 heavy (non-hydrogen) atoms. The molecular formula is C12H18. The van der Waals surface area contributed by atoms with Crippen LogP contribution in [0.4, 0.5) is 0 Å². The van der Waals surface area contributed by atoms with Crippen molar-refractivity contribution in [2.24, 2.45) is 0 Å². The van der Waals surface area contributed by atoms with Crippen molar-refractivity contribution in [3.63, 3.8) is 0 Å². The summed E-state index contributed by atoms with van der Waals surface area (Å²) in [5, 5.41) is 0. The molecule has 0 radical (unpaired) electrons. The maximum Gasteiger partial charge on any atom is 0.0198 e. The van der Waals surface area contributed by atoms with Gasteiger partial charge in [-0.3, -0.25) is 0 Å². The van der Waals surface area contributed by atoms with Crippen LogP contribution >= 0.6 is 0 Å². The van der Waals surface area contributed by atoms with Crippen molar-refractivity contribution in [1.29, 1.82) is 0 Å². The Labute approximate surface area is 76.8 Å². The van der Waals surface area contributed by atoms with Gasteiger partial charge in [-0.2, -0.15) is 0 Å². The number of hydrogen-bond donors (Lipinski definition) is 0. The molecule has 0 saturated heterocycles. The Morgan fingerprint density at radius 2 is 1.67 bits per heavy atom. The van der Waals surface area contributed by atoms with Crippen molar-refractivity contribution < 1.29 is 0 Å². The van der Waals surface area contributed by atoms with Gasteiger partial charge >= 0.3 is 0 Å². The van der Waals surface area contributed by atoms with Crippen LogP contribution < -0.4 is 0 Å². The SMILES string of the molecule is C#CCCC#CCCCCCC. The molecule has 0 spiro atoms. The molecule has 0 unspecified atom stereocenters. The van der Waals surface area contributed by atoms with E-state index in [2.05, 4.69) is 24.7 Å². The van der Waals surface area contributed by atoms with Gasteiger partial charge < -0.3 is 0 Å². The van der Waals surface area contributed by atoms with Crippen LogP contribution in [0.3, 0.4) is 0 Å². The third-order valence-electron chi connectivity index (χ3n) is 1.67. The predicted octanol–water partition coefficient (Wildman–Crippen LogP) is 3.37. The van der Waals surface area contributed by atoms with Gasteiger partial charge in [0.1, 0.15) is 0 Å². The summed E-state index contributed by atoms with van der Waals surface area (Å²) in [6, 6.07) is 0. The van der Waals surface area contributed by atoms with Gasteiger partial charge in [0.15, 0.2) is 0 Å². The van der Waals surface area contributed by atoms with Crippen LogP contribution in [-0.2, 0) is 0 Å². The zero-order chi connectivity index (χ0) is 9.07. The fourth-order valence-corrected chi connectivity index (χ4v) is 0.952. The van der Waals surface area contributed by atoms with Crippen LogP contribution in [0.25, 0.3) is 0 Å². The molecule has 0 aliphatic carbocycles. The topological polar surface area (TPSA) is 0 Å². The first kappa shape index (κ1) is 11.1. The average Bonchev–Trinajstić information content (AvgIpc) is 2.10. The fraction of sp³-hybridized carbons (Fsp3) is 0.667. The Bertz CT molecular complexity index is 172. The van der Waals surface area contributed by atoms with Crippen molar-refractivity contribution in [1.82, 2.24) is 0 Å². The molecule has 0 aromatic heterocycles. The summed E-state index contributed by atoms with van der Waals surface area (Å²) in [7, 11) is 0. The van der Waals surface area contributed by atoms with E-state index < -0.39 is 0 Å². The molecule has 0 aromatic carbocycles. The van der Waals surface area contributed by atoms with Gasteiger partial charge in [0.05, 0.1) is 0 Å². The highest BCUT2D eigenvalue weighted by molar-refractivity contribution is 5.01. The molecule has 0 amide bonds. The Balaban J connectivity index is 3.06. The predicted molar refractivity (Wildman–Crippen MR) is 54.6 cm³/mol. The van der Waals surface area contributed by atoms with E-state index in [0.29, 0.717) is 0 Å². The molecule has 0 saturated carbocycles. The van der Waals surface area contributed by atoms with E-state index in [1.54, 1.807) is 0 Å². The molecule has 0 aromatic rings. The van der Waals surface area contributed by atoms with Crippen molar-refractivity contribution in [3.05, 3.63) is 0 Å². The van der Waals surface area contributed by atoms with E-state index in [4.69, 9.17) is 6.42 Å². The van der Waals surface area contributed by atoms with Gasteiger partial charge in [-0.15, -0.1) is 24.2 Å². The molecule has 0 N–H and O–H groups in total. The summed E-state index contributed by atoms with van der Waals surface area (Å²) < 4.78 is 0. The summed E-state index contributed by atoms with van der Waals surface area (Å²) in [5.41, 5.74) is 0. The minimum absolute atomic E-state index is 0.794. The van der Waals surface area contributed by atoms with Crippen LogP contribution in [0.5, 0.6) is 0 Å². The van der Waals surface area contributed by atoms with Crippen molar-refractivity contribution in [2.75, 3.05) is 0 Å². The molecule has 0 rings (SSSR count). The standard InChI is InChI=1S/C12H18/c1-3-5-7-9-11-12-10-8-6-4-2/h1H,4-8,10,12H2,2H3. The summed E-state index contributed by atoms with van der Waals surface area (Å²) in [6.07, 6.45) is 13.0. The van der Waals surface area contributed by atoms with Crippen LogP contribution in [0, 0.1) is 24.2 Å². The van der Waals surface area contributed by atoms with Gasteiger partial charge in [-0.05, 0) is 6.42 Å². The lowest BCUT2D eigenvalue weighted by atomic mass is 10.1. The van der Waals surface area contributed by atoms with Gasteiger partial charge in [0.2, 0.25) is 0 Å². The van der Waals surface area contributed by atoms with E-state index in [1.165, 1.54) is 25.7 Å². The van der Waals surface area contributed by atoms with E-state index >= 15 is 0 Å². The first-order chi connectivity index (χ1) is 5.91. The zero-order valence-electron chi connectivity index (χ0n) is 8.03. The van der Waals surface area contributed by atoms with Crippen molar-refractivity contribution in [3.8, 4) is 24.2 Å². The molecule has 0 fully saturated rings. The van der Waals surface area contributed by atoms with Crippen LogP contribution in [0.2, 0.25) is 0 Å². The van der Waals surface area contributed by atoms with E-state index in [-0.39, 0.29) is 0 Å². The number of unbranched alkanes of at least 4 members (excludes halogenated alkanes) is 5. The molecule has 0 aliphatic heterocycles. The second-order valence-electron chi connectivity index (χ2n) is 2.87. The van der Waals surface area contributed by atoms with Gasteiger partial charge in [0.25, 0.3) is 0 Å². The van der Waals surface area contributed by atoms with Crippen molar-refractivity contribution in [2.45, 2.75) is 51.9 Å². The minimum Gasteiger partial charge on any atom is -0.120 e. The monoisotopic (exact) mass is 162 g/mol. The molecular weight excluding hydrogens is 144 g/mol. The molecule has 0 nitrogen and oxygen atoms in total. The highest BCUT2D eigenvalue weighted by atomic mass is 13.9. The summed E-state index contributed by atoms with van der Waals surface area (Å²) in [6.45, 7) is 2.22. The van der Waals surface area contributed by atoms with E-state index in [0.717, 1.165) is 19.3 Å². The molecule has 0 atom stereocenters. The minimum atomic E-state index is 0.794. The smallest absolute Gasteiger partial charge is 0.0198 e. The van der Waals surface area contributed by atoms with Crippen LogP contribution in [-0.4, -0.2) is 0 Å². The second-order valence-corrected chi connectivity index (χ2v) is 2.87. The highest BCUT2D eigenvalue weighted by Crippen LogP contribution is 2.00. The first-order valence-electron chi connectivity index (χ1n) is 4.81. The van der Waals surface area contributed by atoms with E-state index in [1.807, 2.05) is 0 Å². The first-order valence-corrected chi connectivity index (χ1v) is 4.81. The molecule has 66 valence electrons. The summed E-state index contributed by atoms with van der Waals surface area (Å²) in [4.78, 5) is 0. The Morgan fingerprint density at radius 1 is 0.917 bits per heavy atom. The molecule has 0 heterocycles. The summed E-state index contributed by atoms with van der Waals surface area (Å²) >= 11 is 0. The fourth-order valence-electron chi connectivity index (χ4n) is 0.952.